The molecule has 1 aromatic heterocycles. The SMILES string of the molecule is Cc1ccc(-c2ccccn2)c(CO)c1. The van der Waals surface area contributed by atoms with E-state index in [4.69, 9.17) is 0 Å². The van der Waals surface area contributed by atoms with Gasteiger partial charge in [-0.05, 0) is 24.6 Å². The van der Waals surface area contributed by atoms with Gasteiger partial charge in [-0.3, -0.25) is 4.98 Å². The highest BCUT2D eigenvalue weighted by molar-refractivity contribution is 5.63. The zero-order valence-corrected chi connectivity index (χ0v) is 8.64. The van der Waals surface area contributed by atoms with Crippen molar-refractivity contribution in [3.05, 3.63) is 53.7 Å². The number of rotatable bonds is 2. The molecule has 2 aromatic rings. The first-order valence-corrected chi connectivity index (χ1v) is 4.93. The number of benzene rings is 1. The first kappa shape index (κ1) is 9.87. The Labute approximate surface area is 89.2 Å². The van der Waals surface area contributed by atoms with Gasteiger partial charge in [0.15, 0.2) is 0 Å². The van der Waals surface area contributed by atoms with Gasteiger partial charge < -0.3 is 5.11 Å². The fourth-order valence-corrected chi connectivity index (χ4v) is 1.63. The summed E-state index contributed by atoms with van der Waals surface area (Å²) in [6, 6.07) is 11.8. The van der Waals surface area contributed by atoms with Crippen LogP contribution in [0.1, 0.15) is 11.1 Å². The van der Waals surface area contributed by atoms with Gasteiger partial charge in [-0.2, -0.15) is 0 Å². The van der Waals surface area contributed by atoms with Crippen LogP contribution in [0, 0.1) is 6.92 Å². The van der Waals surface area contributed by atoms with E-state index < -0.39 is 0 Å². The topological polar surface area (TPSA) is 33.1 Å². The summed E-state index contributed by atoms with van der Waals surface area (Å²) in [5.74, 6) is 0. The van der Waals surface area contributed by atoms with Crippen LogP contribution >= 0.6 is 0 Å². The van der Waals surface area contributed by atoms with Crippen LogP contribution in [0.3, 0.4) is 0 Å². The van der Waals surface area contributed by atoms with Gasteiger partial charge in [-0.1, -0.05) is 29.8 Å². The summed E-state index contributed by atoms with van der Waals surface area (Å²) in [5, 5.41) is 9.28. The second-order valence-electron chi connectivity index (χ2n) is 3.53. The van der Waals surface area contributed by atoms with E-state index in [0.717, 1.165) is 22.4 Å². The standard InChI is InChI=1S/C13H13NO/c1-10-5-6-12(11(8-10)9-15)13-4-2-3-7-14-13/h2-8,15H,9H2,1H3. The van der Waals surface area contributed by atoms with E-state index in [1.165, 1.54) is 0 Å². The van der Waals surface area contributed by atoms with Crippen LogP contribution in [0.5, 0.6) is 0 Å². The summed E-state index contributed by atoms with van der Waals surface area (Å²) in [5.41, 5.74) is 3.98. The molecule has 0 radical (unpaired) electrons. The minimum Gasteiger partial charge on any atom is -0.392 e. The van der Waals surface area contributed by atoms with Gasteiger partial charge in [0.1, 0.15) is 0 Å². The number of hydrogen-bond acceptors (Lipinski definition) is 2. The summed E-state index contributed by atoms with van der Waals surface area (Å²) >= 11 is 0. The summed E-state index contributed by atoms with van der Waals surface area (Å²) in [4.78, 5) is 4.28. The molecule has 2 rings (SSSR count). The molecule has 0 unspecified atom stereocenters. The van der Waals surface area contributed by atoms with E-state index >= 15 is 0 Å². The van der Waals surface area contributed by atoms with E-state index in [2.05, 4.69) is 4.98 Å². The van der Waals surface area contributed by atoms with Crippen molar-refractivity contribution in [1.29, 1.82) is 0 Å². The van der Waals surface area contributed by atoms with Crippen molar-refractivity contribution < 1.29 is 5.11 Å². The van der Waals surface area contributed by atoms with Gasteiger partial charge >= 0.3 is 0 Å². The Bertz CT molecular complexity index is 451. The predicted octanol–water partition coefficient (Wildman–Crippen LogP) is 2.55. The van der Waals surface area contributed by atoms with Crippen LogP contribution in [-0.2, 0) is 6.61 Å². The fourth-order valence-electron chi connectivity index (χ4n) is 1.63. The molecule has 0 aliphatic carbocycles. The van der Waals surface area contributed by atoms with E-state index in [9.17, 15) is 5.11 Å². The number of aliphatic hydroxyl groups is 1. The van der Waals surface area contributed by atoms with Crippen molar-refractivity contribution in [2.45, 2.75) is 13.5 Å². The average Bonchev–Trinajstić information content (AvgIpc) is 2.30. The number of nitrogens with zero attached hydrogens (tertiary/aromatic N) is 1. The van der Waals surface area contributed by atoms with Gasteiger partial charge in [0.2, 0.25) is 0 Å². The lowest BCUT2D eigenvalue weighted by molar-refractivity contribution is 0.282. The van der Waals surface area contributed by atoms with Crippen LogP contribution in [0.25, 0.3) is 11.3 Å². The lowest BCUT2D eigenvalue weighted by Gasteiger charge is -2.07. The normalized spacial score (nSPS) is 10.3. The molecule has 0 saturated carbocycles. The average molecular weight is 199 g/mol. The Morgan fingerprint density at radius 2 is 2.07 bits per heavy atom. The maximum absolute atomic E-state index is 9.28. The Kier molecular flexibility index (Phi) is 2.79. The molecule has 2 heteroatoms. The maximum atomic E-state index is 9.28. The fraction of sp³-hybridized carbons (Fsp3) is 0.154. The summed E-state index contributed by atoms with van der Waals surface area (Å²) in [7, 11) is 0. The third-order valence-corrected chi connectivity index (χ3v) is 2.37. The van der Waals surface area contributed by atoms with Gasteiger partial charge in [0, 0.05) is 11.8 Å². The van der Waals surface area contributed by atoms with Gasteiger partial charge in [0.05, 0.1) is 12.3 Å². The monoisotopic (exact) mass is 199 g/mol. The Balaban J connectivity index is 2.53. The highest BCUT2D eigenvalue weighted by Crippen LogP contribution is 2.22. The molecule has 2 nitrogen and oxygen atoms in total. The van der Waals surface area contributed by atoms with Crippen molar-refractivity contribution in [3.63, 3.8) is 0 Å². The van der Waals surface area contributed by atoms with E-state index in [1.807, 2.05) is 43.3 Å². The molecule has 0 aliphatic heterocycles. The number of aromatic nitrogens is 1. The number of aryl methyl sites for hydroxylation is 1. The molecular weight excluding hydrogens is 186 g/mol. The molecule has 0 fully saturated rings. The summed E-state index contributed by atoms with van der Waals surface area (Å²) in [6.07, 6.45) is 1.76. The highest BCUT2D eigenvalue weighted by Gasteiger charge is 2.04. The van der Waals surface area contributed by atoms with E-state index in [-0.39, 0.29) is 6.61 Å². The van der Waals surface area contributed by atoms with Crippen molar-refractivity contribution in [2.24, 2.45) is 0 Å². The number of aliphatic hydroxyl groups excluding tert-OH is 1. The predicted molar refractivity (Wildman–Crippen MR) is 60.3 cm³/mol. The molecule has 0 bridgehead atoms. The van der Waals surface area contributed by atoms with Crippen molar-refractivity contribution in [3.8, 4) is 11.3 Å². The molecule has 1 N–H and O–H groups in total. The van der Waals surface area contributed by atoms with Crippen LogP contribution in [0.2, 0.25) is 0 Å². The molecule has 0 amide bonds. The summed E-state index contributed by atoms with van der Waals surface area (Å²) in [6.45, 7) is 2.06. The Morgan fingerprint density at radius 3 is 2.73 bits per heavy atom. The van der Waals surface area contributed by atoms with Gasteiger partial charge in [-0.15, -0.1) is 0 Å². The smallest absolute Gasteiger partial charge is 0.0705 e. The second-order valence-corrected chi connectivity index (χ2v) is 3.53. The highest BCUT2D eigenvalue weighted by atomic mass is 16.3. The quantitative estimate of drug-likeness (QED) is 0.806. The third-order valence-electron chi connectivity index (χ3n) is 2.37. The number of hydrogen-bond donors (Lipinski definition) is 1. The van der Waals surface area contributed by atoms with Crippen LogP contribution in [0.4, 0.5) is 0 Å². The molecule has 0 spiro atoms. The minimum absolute atomic E-state index is 0.0492. The van der Waals surface area contributed by atoms with Crippen molar-refractivity contribution in [1.82, 2.24) is 4.98 Å². The van der Waals surface area contributed by atoms with Crippen molar-refractivity contribution >= 4 is 0 Å². The zero-order valence-electron chi connectivity index (χ0n) is 8.64. The molecule has 0 atom stereocenters. The maximum Gasteiger partial charge on any atom is 0.0705 e. The largest absolute Gasteiger partial charge is 0.392 e. The third kappa shape index (κ3) is 2.05. The van der Waals surface area contributed by atoms with Crippen LogP contribution in [-0.4, -0.2) is 10.1 Å². The van der Waals surface area contributed by atoms with Crippen LogP contribution < -0.4 is 0 Å². The molecule has 1 heterocycles. The molecule has 76 valence electrons. The lowest BCUT2D eigenvalue weighted by Crippen LogP contribution is -1.92. The molecule has 15 heavy (non-hydrogen) atoms. The molecule has 1 aromatic carbocycles. The van der Waals surface area contributed by atoms with E-state index in [1.54, 1.807) is 6.20 Å². The minimum atomic E-state index is 0.0492. The zero-order chi connectivity index (χ0) is 10.7. The van der Waals surface area contributed by atoms with Crippen LogP contribution in [0.15, 0.2) is 42.6 Å². The van der Waals surface area contributed by atoms with Gasteiger partial charge in [0.25, 0.3) is 0 Å². The molecule has 0 aliphatic rings. The Hall–Kier alpha value is -1.67. The molecular formula is C13H13NO. The molecule has 0 saturated heterocycles. The van der Waals surface area contributed by atoms with Crippen molar-refractivity contribution in [2.75, 3.05) is 0 Å². The Morgan fingerprint density at radius 1 is 1.20 bits per heavy atom. The first-order chi connectivity index (χ1) is 7.31. The van der Waals surface area contributed by atoms with Gasteiger partial charge in [-0.25, -0.2) is 0 Å². The lowest BCUT2D eigenvalue weighted by atomic mass is 10.0. The second kappa shape index (κ2) is 4.24. The first-order valence-electron chi connectivity index (χ1n) is 4.93. The summed E-state index contributed by atoms with van der Waals surface area (Å²) < 4.78 is 0. The van der Waals surface area contributed by atoms with E-state index in [0.29, 0.717) is 0 Å². The number of pyridine rings is 1.